The monoisotopic (exact) mass is 460 g/mol. The van der Waals surface area contributed by atoms with Gasteiger partial charge in [-0.2, -0.15) is 0 Å². The Hall–Kier alpha value is -2.97. The number of amides is 1. The summed E-state index contributed by atoms with van der Waals surface area (Å²) in [7, 11) is 0. The largest absolute Gasteiger partial charge is 0.349 e. The summed E-state index contributed by atoms with van der Waals surface area (Å²) >= 11 is 5.92. The van der Waals surface area contributed by atoms with Crippen LogP contribution >= 0.6 is 11.6 Å². The summed E-state index contributed by atoms with van der Waals surface area (Å²) in [5.41, 5.74) is 0.863. The van der Waals surface area contributed by atoms with E-state index in [1.165, 1.54) is 24.5 Å². The highest BCUT2D eigenvalue weighted by atomic mass is 35.5. The van der Waals surface area contributed by atoms with Crippen molar-refractivity contribution in [2.24, 2.45) is 0 Å². The summed E-state index contributed by atoms with van der Waals surface area (Å²) < 4.78 is 42.1. The van der Waals surface area contributed by atoms with Gasteiger partial charge in [-0.15, -0.1) is 0 Å². The number of benzene rings is 2. The number of halogens is 4. The lowest BCUT2D eigenvalue weighted by atomic mass is 9.95. The number of nitrogens with zero attached hydrogens (tertiary/aromatic N) is 3. The number of hydrogen-bond donors (Lipinski definition) is 1. The van der Waals surface area contributed by atoms with Crippen LogP contribution in [0.25, 0.3) is 0 Å². The van der Waals surface area contributed by atoms with Crippen molar-refractivity contribution in [3.8, 4) is 0 Å². The summed E-state index contributed by atoms with van der Waals surface area (Å²) in [4.78, 5) is 22.6. The topological polar surface area (TPSA) is 58.1 Å². The molecule has 1 aliphatic heterocycles. The quantitative estimate of drug-likeness (QED) is 0.607. The van der Waals surface area contributed by atoms with Crippen molar-refractivity contribution in [1.29, 1.82) is 0 Å². The number of rotatable bonds is 5. The van der Waals surface area contributed by atoms with E-state index >= 15 is 0 Å². The summed E-state index contributed by atoms with van der Waals surface area (Å²) in [6.07, 6.45) is 5.81. The van der Waals surface area contributed by atoms with Crippen LogP contribution in [-0.2, 0) is 0 Å². The zero-order chi connectivity index (χ0) is 22.7. The normalized spacial score (nSPS) is 16.0. The van der Waals surface area contributed by atoms with E-state index in [1.54, 1.807) is 24.5 Å². The first-order valence-corrected chi connectivity index (χ1v) is 10.5. The van der Waals surface area contributed by atoms with Gasteiger partial charge in [-0.05, 0) is 37.1 Å². The van der Waals surface area contributed by atoms with Crippen molar-refractivity contribution in [3.63, 3.8) is 0 Å². The van der Waals surface area contributed by atoms with Crippen molar-refractivity contribution < 1.29 is 18.0 Å². The molecule has 4 rings (SSSR count). The fraction of sp³-hybridized carbons (Fsp3) is 0.261. The minimum atomic E-state index is -1.16. The molecule has 1 aliphatic rings. The molecule has 2 aromatic carbocycles. The lowest BCUT2D eigenvalue weighted by Crippen LogP contribution is -2.46. The third-order valence-electron chi connectivity index (χ3n) is 5.58. The van der Waals surface area contributed by atoms with E-state index in [0.717, 1.165) is 11.6 Å². The van der Waals surface area contributed by atoms with Gasteiger partial charge in [0.25, 0.3) is 5.91 Å². The van der Waals surface area contributed by atoms with E-state index in [1.807, 2.05) is 0 Å². The van der Waals surface area contributed by atoms with Crippen LogP contribution in [0.15, 0.2) is 55.1 Å². The van der Waals surface area contributed by atoms with Crippen molar-refractivity contribution >= 4 is 17.5 Å². The molecule has 0 saturated carbocycles. The van der Waals surface area contributed by atoms with Crippen LogP contribution in [0.3, 0.4) is 0 Å². The van der Waals surface area contributed by atoms with Gasteiger partial charge in [0.2, 0.25) is 0 Å². The third-order valence-corrected chi connectivity index (χ3v) is 5.81. The Morgan fingerprint density at radius 1 is 1.06 bits per heavy atom. The van der Waals surface area contributed by atoms with Gasteiger partial charge in [-0.1, -0.05) is 23.7 Å². The first-order valence-electron chi connectivity index (χ1n) is 10.1. The fourth-order valence-corrected chi connectivity index (χ4v) is 4.17. The summed E-state index contributed by atoms with van der Waals surface area (Å²) in [6.45, 7) is 1.08. The number of aromatic nitrogens is 2. The molecular weight excluding hydrogens is 441 g/mol. The SMILES string of the molecule is O=C(NC1CCN(C(c2cncnc2)c2ccc(Cl)cc2F)CC1)c1cccc(F)c1F. The molecule has 1 amide bonds. The molecule has 0 radical (unpaired) electrons. The average Bonchev–Trinajstić information content (AvgIpc) is 2.79. The molecule has 0 spiro atoms. The second-order valence-corrected chi connectivity index (χ2v) is 8.06. The van der Waals surface area contributed by atoms with Crippen LogP contribution in [0.4, 0.5) is 13.2 Å². The third kappa shape index (κ3) is 4.76. The average molecular weight is 461 g/mol. The molecule has 3 aromatic rings. The number of carbonyl (C=O) groups is 1. The number of hydrogen-bond acceptors (Lipinski definition) is 4. The van der Waals surface area contributed by atoms with Crippen molar-refractivity contribution in [1.82, 2.24) is 20.2 Å². The molecule has 32 heavy (non-hydrogen) atoms. The van der Waals surface area contributed by atoms with E-state index in [9.17, 15) is 18.0 Å². The second kappa shape index (κ2) is 9.67. The van der Waals surface area contributed by atoms with E-state index in [-0.39, 0.29) is 11.6 Å². The number of likely N-dealkylation sites (tertiary alicyclic amines) is 1. The van der Waals surface area contributed by atoms with E-state index in [2.05, 4.69) is 20.2 Å². The van der Waals surface area contributed by atoms with Gasteiger partial charge in [-0.3, -0.25) is 9.69 Å². The molecule has 2 heterocycles. The first kappa shape index (κ1) is 22.2. The van der Waals surface area contributed by atoms with Crippen LogP contribution in [0.1, 0.15) is 40.4 Å². The van der Waals surface area contributed by atoms with Gasteiger partial charge in [0.1, 0.15) is 12.1 Å². The Kier molecular flexibility index (Phi) is 6.72. The summed E-state index contributed by atoms with van der Waals surface area (Å²) in [5, 5.41) is 3.08. The van der Waals surface area contributed by atoms with Gasteiger partial charge in [0, 0.05) is 47.7 Å². The molecule has 1 unspecified atom stereocenters. The zero-order valence-electron chi connectivity index (χ0n) is 16.9. The summed E-state index contributed by atoms with van der Waals surface area (Å²) in [5.74, 6) is -3.31. The van der Waals surface area contributed by atoms with Crippen LogP contribution in [0.5, 0.6) is 0 Å². The molecule has 1 atom stereocenters. The first-order chi connectivity index (χ1) is 15.4. The second-order valence-electron chi connectivity index (χ2n) is 7.63. The molecule has 1 aromatic heterocycles. The number of carbonyl (C=O) groups excluding carboxylic acids is 1. The molecular formula is C23H20ClF3N4O. The minimum absolute atomic E-state index is 0.218. The number of piperidine rings is 1. The highest BCUT2D eigenvalue weighted by Gasteiger charge is 2.30. The van der Waals surface area contributed by atoms with Crippen LogP contribution < -0.4 is 5.32 Å². The lowest BCUT2D eigenvalue weighted by molar-refractivity contribution is 0.0894. The van der Waals surface area contributed by atoms with Crippen molar-refractivity contribution in [2.75, 3.05) is 13.1 Å². The van der Waals surface area contributed by atoms with Gasteiger partial charge in [0.15, 0.2) is 11.6 Å². The predicted molar refractivity (Wildman–Crippen MR) is 114 cm³/mol. The van der Waals surface area contributed by atoms with E-state index in [4.69, 9.17) is 11.6 Å². The molecule has 0 aliphatic carbocycles. The molecule has 0 bridgehead atoms. The Balaban J connectivity index is 1.49. The van der Waals surface area contributed by atoms with E-state index in [0.29, 0.717) is 36.5 Å². The number of nitrogens with one attached hydrogen (secondary N) is 1. The van der Waals surface area contributed by atoms with Crippen LogP contribution in [0, 0.1) is 17.5 Å². The maximum atomic E-state index is 14.8. The fourth-order valence-electron chi connectivity index (χ4n) is 4.01. The maximum absolute atomic E-state index is 14.8. The minimum Gasteiger partial charge on any atom is -0.349 e. The predicted octanol–water partition coefficient (Wildman–Crippen LogP) is 4.53. The van der Waals surface area contributed by atoms with Crippen molar-refractivity contribution in [2.45, 2.75) is 24.9 Å². The Morgan fingerprint density at radius 2 is 1.78 bits per heavy atom. The van der Waals surface area contributed by atoms with Crippen LogP contribution in [-0.4, -0.2) is 39.9 Å². The highest BCUT2D eigenvalue weighted by Crippen LogP contribution is 2.33. The smallest absolute Gasteiger partial charge is 0.254 e. The maximum Gasteiger partial charge on any atom is 0.254 e. The Labute approximate surface area is 188 Å². The van der Waals surface area contributed by atoms with Gasteiger partial charge in [0.05, 0.1) is 11.6 Å². The molecule has 1 fully saturated rings. The van der Waals surface area contributed by atoms with Gasteiger partial charge in [-0.25, -0.2) is 23.1 Å². The molecule has 1 saturated heterocycles. The molecule has 1 N–H and O–H groups in total. The summed E-state index contributed by atoms with van der Waals surface area (Å²) in [6, 6.07) is 7.42. The van der Waals surface area contributed by atoms with Crippen molar-refractivity contribution in [3.05, 3.63) is 94.3 Å². The van der Waals surface area contributed by atoms with Gasteiger partial charge >= 0.3 is 0 Å². The van der Waals surface area contributed by atoms with E-state index < -0.39 is 29.4 Å². The Bertz CT molecular complexity index is 1110. The Morgan fingerprint density at radius 3 is 2.47 bits per heavy atom. The zero-order valence-corrected chi connectivity index (χ0v) is 17.7. The molecule has 9 heteroatoms. The van der Waals surface area contributed by atoms with Crippen LogP contribution in [0.2, 0.25) is 5.02 Å². The van der Waals surface area contributed by atoms with Gasteiger partial charge < -0.3 is 5.32 Å². The molecule has 5 nitrogen and oxygen atoms in total. The standard InChI is InChI=1S/C23H20ClF3N4O/c24-15-4-5-17(20(26)10-15)22(14-11-28-13-29-12-14)31-8-6-16(7-9-31)30-23(32)18-2-1-3-19(25)21(18)27/h1-5,10-13,16,22H,6-9H2,(H,30,32). The lowest BCUT2D eigenvalue weighted by Gasteiger charge is -2.38. The highest BCUT2D eigenvalue weighted by molar-refractivity contribution is 6.30. The molecule has 166 valence electrons.